The zero-order valence-electron chi connectivity index (χ0n) is 10.6. The van der Waals surface area contributed by atoms with Gasteiger partial charge in [0.2, 0.25) is 0 Å². The second kappa shape index (κ2) is 5.45. The Bertz CT molecular complexity index is 521. The van der Waals surface area contributed by atoms with Gasteiger partial charge in [-0.3, -0.25) is 0 Å². The van der Waals surface area contributed by atoms with Crippen LogP contribution in [0.2, 0.25) is 0 Å². The average molecular weight is 243 g/mol. The van der Waals surface area contributed by atoms with Crippen molar-refractivity contribution >= 4 is 5.69 Å². The summed E-state index contributed by atoms with van der Waals surface area (Å²) < 4.78 is 10.8. The van der Waals surface area contributed by atoms with Crippen LogP contribution in [0.15, 0.2) is 42.5 Å². The highest BCUT2D eigenvalue weighted by Crippen LogP contribution is 2.32. The van der Waals surface area contributed by atoms with Crippen molar-refractivity contribution in [2.24, 2.45) is 0 Å². The van der Waals surface area contributed by atoms with Crippen molar-refractivity contribution in [3.63, 3.8) is 0 Å². The van der Waals surface area contributed by atoms with Crippen LogP contribution in [0, 0.1) is 0 Å². The minimum atomic E-state index is 0.613. The highest BCUT2D eigenvalue weighted by molar-refractivity contribution is 5.68. The van der Waals surface area contributed by atoms with Crippen LogP contribution in [0.25, 0.3) is 11.1 Å². The summed E-state index contributed by atoms with van der Waals surface area (Å²) in [6.45, 7) is 2.57. The summed E-state index contributed by atoms with van der Waals surface area (Å²) in [5, 5.41) is 0. The summed E-state index contributed by atoms with van der Waals surface area (Å²) in [6, 6.07) is 13.7. The van der Waals surface area contributed by atoms with Gasteiger partial charge in [0.15, 0.2) is 11.5 Å². The lowest BCUT2D eigenvalue weighted by molar-refractivity contribution is 0.311. The van der Waals surface area contributed by atoms with Gasteiger partial charge in [-0.1, -0.05) is 18.2 Å². The molecule has 0 saturated carbocycles. The first kappa shape index (κ1) is 12.3. The lowest BCUT2D eigenvalue weighted by Gasteiger charge is -2.11. The number of ether oxygens (including phenoxy) is 2. The van der Waals surface area contributed by atoms with Crippen molar-refractivity contribution in [1.29, 1.82) is 0 Å². The predicted octanol–water partition coefficient (Wildman–Crippen LogP) is 3.34. The van der Waals surface area contributed by atoms with Crippen LogP contribution in [0.3, 0.4) is 0 Å². The monoisotopic (exact) mass is 243 g/mol. The van der Waals surface area contributed by atoms with E-state index in [0.29, 0.717) is 6.61 Å². The first-order valence-electron chi connectivity index (χ1n) is 5.91. The summed E-state index contributed by atoms with van der Waals surface area (Å²) in [5.41, 5.74) is 8.63. The number of nitrogen functional groups attached to an aromatic ring is 1. The van der Waals surface area contributed by atoms with Crippen molar-refractivity contribution < 1.29 is 9.47 Å². The number of hydrogen-bond acceptors (Lipinski definition) is 3. The van der Waals surface area contributed by atoms with Crippen molar-refractivity contribution in [3.8, 4) is 22.6 Å². The Hall–Kier alpha value is -2.16. The molecule has 2 aromatic carbocycles. The molecular formula is C15H17NO2. The minimum Gasteiger partial charge on any atom is -0.493 e. The molecule has 94 valence electrons. The average Bonchev–Trinajstić information content (AvgIpc) is 2.40. The van der Waals surface area contributed by atoms with Gasteiger partial charge in [-0.2, -0.15) is 0 Å². The van der Waals surface area contributed by atoms with Crippen molar-refractivity contribution in [2.75, 3.05) is 19.5 Å². The molecule has 3 nitrogen and oxygen atoms in total. The first-order chi connectivity index (χ1) is 8.74. The van der Waals surface area contributed by atoms with Gasteiger partial charge in [0, 0.05) is 5.69 Å². The normalized spacial score (nSPS) is 10.1. The largest absolute Gasteiger partial charge is 0.493 e. The topological polar surface area (TPSA) is 44.5 Å². The standard InChI is InChI=1S/C15H17NO2/c1-3-18-15-10-12(6-9-14(15)17-2)11-4-7-13(16)8-5-11/h4-10H,3,16H2,1-2H3. The molecule has 0 heterocycles. The van der Waals surface area contributed by atoms with E-state index in [-0.39, 0.29) is 0 Å². The van der Waals surface area contributed by atoms with E-state index in [4.69, 9.17) is 15.2 Å². The van der Waals surface area contributed by atoms with E-state index in [1.54, 1.807) is 7.11 Å². The lowest BCUT2D eigenvalue weighted by atomic mass is 10.0. The van der Waals surface area contributed by atoms with Gasteiger partial charge >= 0.3 is 0 Å². The summed E-state index contributed by atoms with van der Waals surface area (Å²) in [4.78, 5) is 0. The van der Waals surface area contributed by atoms with E-state index in [2.05, 4.69) is 0 Å². The maximum Gasteiger partial charge on any atom is 0.161 e. The lowest BCUT2D eigenvalue weighted by Crippen LogP contribution is -1.95. The van der Waals surface area contributed by atoms with Gasteiger partial charge in [0.25, 0.3) is 0 Å². The number of methoxy groups -OCH3 is 1. The van der Waals surface area contributed by atoms with Crippen molar-refractivity contribution in [2.45, 2.75) is 6.92 Å². The van der Waals surface area contributed by atoms with Crippen molar-refractivity contribution in [3.05, 3.63) is 42.5 Å². The third kappa shape index (κ3) is 2.56. The molecular weight excluding hydrogens is 226 g/mol. The summed E-state index contributed by atoms with van der Waals surface area (Å²) in [6.07, 6.45) is 0. The Morgan fingerprint density at radius 1 is 0.944 bits per heavy atom. The second-order valence-electron chi connectivity index (χ2n) is 3.92. The van der Waals surface area contributed by atoms with Crippen molar-refractivity contribution in [1.82, 2.24) is 0 Å². The molecule has 2 aromatic rings. The molecule has 0 atom stereocenters. The molecule has 2 N–H and O–H groups in total. The second-order valence-corrected chi connectivity index (χ2v) is 3.92. The van der Waals surface area contributed by atoms with E-state index in [1.165, 1.54) is 0 Å². The van der Waals surface area contributed by atoms with Gasteiger partial charge < -0.3 is 15.2 Å². The minimum absolute atomic E-state index is 0.613. The third-order valence-corrected chi connectivity index (χ3v) is 2.71. The van der Waals surface area contributed by atoms with Crippen LogP contribution >= 0.6 is 0 Å². The van der Waals surface area contributed by atoms with Crippen LogP contribution in [-0.2, 0) is 0 Å². The maximum absolute atomic E-state index is 5.68. The van der Waals surface area contributed by atoms with Gasteiger partial charge in [-0.25, -0.2) is 0 Å². The quantitative estimate of drug-likeness (QED) is 0.837. The number of rotatable bonds is 4. The van der Waals surface area contributed by atoms with Gasteiger partial charge in [-0.05, 0) is 42.3 Å². The molecule has 0 unspecified atom stereocenters. The summed E-state index contributed by atoms with van der Waals surface area (Å²) in [5.74, 6) is 1.50. The predicted molar refractivity (Wildman–Crippen MR) is 74.0 cm³/mol. The van der Waals surface area contributed by atoms with Gasteiger partial charge in [0.1, 0.15) is 0 Å². The fourth-order valence-electron chi connectivity index (χ4n) is 1.80. The fourth-order valence-corrected chi connectivity index (χ4v) is 1.80. The first-order valence-corrected chi connectivity index (χ1v) is 5.91. The molecule has 0 saturated heterocycles. The molecule has 2 rings (SSSR count). The Labute approximate surface area is 107 Å². The van der Waals surface area contributed by atoms with E-state index in [0.717, 1.165) is 28.3 Å². The zero-order chi connectivity index (χ0) is 13.0. The van der Waals surface area contributed by atoms with E-state index in [9.17, 15) is 0 Å². The molecule has 3 heteroatoms. The Morgan fingerprint density at radius 3 is 2.22 bits per heavy atom. The van der Waals surface area contributed by atoms with E-state index >= 15 is 0 Å². The van der Waals surface area contributed by atoms with Crippen LogP contribution in [0.1, 0.15) is 6.92 Å². The van der Waals surface area contributed by atoms with Crippen LogP contribution in [-0.4, -0.2) is 13.7 Å². The fraction of sp³-hybridized carbons (Fsp3) is 0.200. The summed E-state index contributed by atoms with van der Waals surface area (Å²) in [7, 11) is 1.64. The number of anilines is 1. The number of hydrogen-bond donors (Lipinski definition) is 1. The Kier molecular flexibility index (Phi) is 3.72. The van der Waals surface area contributed by atoms with Crippen LogP contribution in [0.4, 0.5) is 5.69 Å². The SMILES string of the molecule is CCOc1cc(-c2ccc(N)cc2)ccc1OC. The highest BCUT2D eigenvalue weighted by atomic mass is 16.5. The number of nitrogens with two attached hydrogens (primary N) is 1. The Morgan fingerprint density at radius 2 is 1.61 bits per heavy atom. The van der Waals surface area contributed by atoms with E-state index < -0.39 is 0 Å². The zero-order valence-corrected chi connectivity index (χ0v) is 10.6. The molecule has 0 aliphatic carbocycles. The smallest absolute Gasteiger partial charge is 0.161 e. The van der Waals surface area contributed by atoms with Gasteiger partial charge in [0.05, 0.1) is 13.7 Å². The molecule has 0 aromatic heterocycles. The number of benzene rings is 2. The van der Waals surface area contributed by atoms with Gasteiger partial charge in [-0.15, -0.1) is 0 Å². The molecule has 0 spiro atoms. The van der Waals surface area contributed by atoms with E-state index in [1.807, 2.05) is 49.4 Å². The van der Waals surface area contributed by atoms with Crippen LogP contribution in [0.5, 0.6) is 11.5 Å². The summed E-state index contributed by atoms with van der Waals surface area (Å²) >= 11 is 0. The molecule has 0 radical (unpaired) electrons. The Balaban J connectivity index is 2.39. The molecule has 0 aliphatic rings. The molecule has 18 heavy (non-hydrogen) atoms. The molecule has 0 aliphatic heterocycles. The molecule has 0 amide bonds. The van der Waals surface area contributed by atoms with Crippen LogP contribution < -0.4 is 15.2 Å². The maximum atomic E-state index is 5.68. The third-order valence-electron chi connectivity index (χ3n) is 2.71. The highest BCUT2D eigenvalue weighted by Gasteiger charge is 2.06. The molecule has 0 fully saturated rings. The molecule has 0 bridgehead atoms.